The van der Waals surface area contributed by atoms with Crippen LogP contribution in [0.25, 0.3) is 0 Å². The molecule has 0 atom stereocenters. The normalized spacial score (nSPS) is 17.4. The van der Waals surface area contributed by atoms with Crippen molar-refractivity contribution >= 4 is 0 Å². The van der Waals surface area contributed by atoms with Crippen LogP contribution in [0, 0.1) is 0 Å². The summed E-state index contributed by atoms with van der Waals surface area (Å²) in [5.41, 5.74) is 0. The van der Waals surface area contributed by atoms with Crippen molar-refractivity contribution in [2.75, 3.05) is 26.2 Å². The highest BCUT2D eigenvalue weighted by Crippen LogP contribution is 2.22. The third kappa shape index (κ3) is 8.19. The highest BCUT2D eigenvalue weighted by molar-refractivity contribution is 4.56. The van der Waals surface area contributed by atoms with Gasteiger partial charge in [0.05, 0.1) is 26.2 Å². The van der Waals surface area contributed by atoms with Crippen molar-refractivity contribution in [2.24, 2.45) is 0 Å². The second-order valence-electron chi connectivity index (χ2n) is 6.42. The van der Waals surface area contributed by atoms with Gasteiger partial charge < -0.3 is 16.9 Å². The molecule has 0 spiro atoms. The van der Waals surface area contributed by atoms with Gasteiger partial charge in [-0.25, -0.2) is 0 Å². The van der Waals surface area contributed by atoms with Crippen LogP contribution in [0.5, 0.6) is 0 Å². The first-order valence-electron chi connectivity index (χ1n) is 8.68. The van der Waals surface area contributed by atoms with Gasteiger partial charge in [0.25, 0.3) is 0 Å². The molecule has 19 heavy (non-hydrogen) atoms. The molecule has 1 fully saturated rings. The van der Waals surface area contributed by atoms with Crippen LogP contribution in [0.4, 0.5) is 0 Å². The van der Waals surface area contributed by atoms with E-state index in [0.717, 1.165) is 0 Å². The Bertz CT molecular complexity index is 188. The first kappa shape index (κ1) is 19.2. The molecular formula is C17H36ClN. The number of likely N-dealkylation sites (tertiary alicyclic amines) is 1. The molecule has 1 saturated heterocycles. The molecule has 0 aromatic carbocycles. The summed E-state index contributed by atoms with van der Waals surface area (Å²) in [6.45, 7) is 10.5. The summed E-state index contributed by atoms with van der Waals surface area (Å²) in [4.78, 5) is 0. The Labute approximate surface area is 128 Å². The molecule has 1 aliphatic rings. The highest BCUT2D eigenvalue weighted by atomic mass is 35.5. The molecule has 0 N–H and O–H groups in total. The maximum absolute atomic E-state index is 2.33. The number of rotatable bonds is 11. The molecule has 0 aliphatic carbocycles. The second kappa shape index (κ2) is 12.0. The molecular weight excluding hydrogens is 254 g/mol. The lowest BCUT2D eigenvalue weighted by Gasteiger charge is -2.34. The topological polar surface area (TPSA) is 0 Å². The fraction of sp³-hybridized carbons (Fsp3) is 1.00. The Hall–Kier alpha value is 0.250. The van der Waals surface area contributed by atoms with Crippen LogP contribution in [0.1, 0.15) is 84.5 Å². The third-order valence-electron chi connectivity index (χ3n) is 4.74. The highest BCUT2D eigenvalue weighted by Gasteiger charge is 2.30. The zero-order chi connectivity index (χ0) is 13.1. The fourth-order valence-electron chi connectivity index (χ4n) is 3.46. The average Bonchev–Trinajstić information content (AvgIpc) is 2.85. The van der Waals surface area contributed by atoms with Gasteiger partial charge in [-0.1, -0.05) is 52.4 Å². The lowest BCUT2D eigenvalue weighted by Crippen LogP contribution is -3.00. The van der Waals surface area contributed by atoms with E-state index in [1.807, 2.05) is 0 Å². The van der Waals surface area contributed by atoms with Crippen LogP contribution >= 0.6 is 0 Å². The number of unbranched alkanes of at least 4 members (excludes halogenated alkanes) is 7. The summed E-state index contributed by atoms with van der Waals surface area (Å²) in [5, 5.41) is 0. The predicted molar refractivity (Wildman–Crippen MR) is 81.9 cm³/mol. The first-order chi connectivity index (χ1) is 8.83. The number of hydrogen-bond donors (Lipinski definition) is 0. The predicted octanol–water partition coefficient (Wildman–Crippen LogP) is 2.15. The monoisotopic (exact) mass is 289 g/mol. The maximum Gasteiger partial charge on any atom is 0.0788 e. The van der Waals surface area contributed by atoms with Crippen molar-refractivity contribution in [1.29, 1.82) is 0 Å². The van der Waals surface area contributed by atoms with Crippen LogP contribution < -0.4 is 12.4 Å². The van der Waals surface area contributed by atoms with Crippen LogP contribution in [0.3, 0.4) is 0 Å². The summed E-state index contributed by atoms with van der Waals surface area (Å²) in [6.07, 6.45) is 16.0. The van der Waals surface area contributed by atoms with E-state index in [-0.39, 0.29) is 12.4 Å². The lowest BCUT2D eigenvalue weighted by molar-refractivity contribution is -0.917. The van der Waals surface area contributed by atoms with Crippen molar-refractivity contribution < 1.29 is 16.9 Å². The molecule has 0 unspecified atom stereocenters. The van der Waals surface area contributed by atoms with Crippen molar-refractivity contribution in [3.63, 3.8) is 0 Å². The van der Waals surface area contributed by atoms with Gasteiger partial charge >= 0.3 is 0 Å². The summed E-state index contributed by atoms with van der Waals surface area (Å²) in [7, 11) is 0. The van der Waals surface area contributed by atoms with E-state index in [0.29, 0.717) is 0 Å². The number of quaternary nitrogens is 1. The maximum atomic E-state index is 2.33. The Morgan fingerprint density at radius 3 is 1.68 bits per heavy atom. The molecule has 1 heterocycles. The van der Waals surface area contributed by atoms with E-state index in [4.69, 9.17) is 0 Å². The van der Waals surface area contributed by atoms with Gasteiger partial charge in [-0.2, -0.15) is 0 Å². The van der Waals surface area contributed by atoms with Crippen LogP contribution in [-0.2, 0) is 0 Å². The Morgan fingerprint density at radius 1 is 0.632 bits per heavy atom. The van der Waals surface area contributed by atoms with Gasteiger partial charge in [0.1, 0.15) is 0 Å². The van der Waals surface area contributed by atoms with Gasteiger partial charge in [-0.3, -0.25) is 0 Å². The number of halogens is 1. The van der Waals surface area contributed by atoms with Gasteiger partial charge in [-0.15, -0.1) is 0 Å². The molecule has 0 aromatic heterocycles. The molecule has 116 valence electrons. The molecule has 1 aliphatic heterocycles. The zero-order valence-electron chi connectivity index (χ0n) is 13.4. The van der Waals surface area contributed by atoms with E-state index in [9.17, 15) is 0 Å². The third-order valence-corrected chi connectivity index (χ3v) is 4.74. The molecule has 0 saturated carbocycles. The van der Waals surface area contributed by atoms with Crippen LogP contribution in [0.15, 0.2) is 0 Å². The smallest absolute Gasteiger partial charge is 0.0788 e. The van der Waals surface area contributed by atoms with Gasteiger partial charge in [-0.05, 0) is 19.3 Å². The Kier molecular flexibility index (Phi) is 12.2. The fourth-order valence-corrected chi connectivity index (χ4v) is 3.46. The molecule has 1 nitrogen and oxygen atoms in total. The number of hydrogen-bond acceptors (Lipinski definition) is 0. The van der Waals surface area contributed by atoms with E-state index in [1.165, 1.54) is 101 Å². The van der Waals surface area contributed by atoms with E-state index in [2.05, 4.69) is 13.8 Å². The minimum atomic E-state index is 0. The molecule has 0 aromatic rings. The Morgan fingerprint density at radius 2 is 1.11 bits per heavy atom. The van der Waals surface area contributed by atoms with Gasteiger partial charge in [0.2, 0.25) is 0 Å². The summed E-state index contributed by atoms with van der Waals surface area (Å²) >= 11 is 0. The SMILES string of the molecule is CCCCCCCCC[N+]1(CCCC)CCCC1.[Cl-]. The average molecular weight is 290 g/mol. The second-order valence-corrected chi connectivity index (χ2v) is 6.42. The van der Waals surface area contributed by atoms with Crippen molar-refractivity contribution in [1.82, 2.24) is 0 Å². The minimum Gasteiger partial charge on any atom is -1.00 e. The van der Waals surface area contributed by atoms with Gasteiger partial charge in [0, 0.05) is 12.8 Å². The molecule has 1 rings (SSSR count). The largest absolute Gasteiger partial charge is 1.00 e. The Balaban J connectivity index is 0.00000324. The van der Waals surface area contributed by atoms with Crippen LogP contribution in [0.2, 0.25) is 0 Å². The van der Waals surface area contributed by atoms with Crippen molar-refractivity contribution in [3.05, 3.63) is 0 Å². The van der Waals surface area contributed by atoms with E-state index < -0.39 is 0 Å². The first-order valence-corrected chi connectivity index (χ1v) is 8.68. The summed E-state index contributed by atoms with van der Waals surface area (Å²) in [5.74, 6) is 0. The van der Waals surface area contributed by atoms with E-state index >= 15 is 0 Å². The lowest BCUT2D eigenvalue weighted by atomic mass is 10.1. The summed E-state index contributed by atoms with van der Waals surface area (Å²) in [6, 6.07) is 0. The summed E-state index contributed by atoms with van der Waals surface area (Å²) < 4.78 is 1.48. The molecule has 0 bridgehead atoms. The van der Waals surface area contributed by atoms with E-state index in [1.54, 1.807) is 0 Å². The standard InChI is InChI=1S/C17H36N.ClH/c1-3-5-7-8-9-10-11-15-18(14-6-4-2)16-12-13-17-18;/h3-17H2,1-2H3;1H/q+1;/p-1. The molecule has 2 heteroatoms. The quantitative estimate of drug-likeness (QED) is 0.404. The van der Waals surface area contributed by atoms with Crippen molar-refractivity contribution in [2.45, 2.75) is 84.5 Å². The minimum absolute atomic E-state index is 0. The van der Waals surface area contributed by atoms with Gasteiger partial charge in [0.15, 0.2) is 0 Å². The molecule has 0 radical (unpaired) electrons. The van der Waals surface area contributed by atoms with Crippen molar-refractivity contribution in [3.8, 4) is 0 Å². The number of nitrogens with zero attached hydrogens (tertiary/aromatic N) is 1. The molecule has 0 amide bonds. The zero-order valence-corrected chi connectivity index (χ0v) is 14.2. The van der Waals surface area contributed by atoms with Crippen LogP contribution in [-0.4, -0.2) is 30.7 Å².